The number of aliphatic carboxylic acids is 1. The topological polar surface area (TPSA) is 63.6 Å². The molecule has 0 saturated carbocycles. The van der Waals surface area contributed by atoms with E-state index in [4.69, 9.17) is 9.84 Å². The number of ether oxygens (including phenoxy) is 1. The fraction of sp³-hybridized carbons (Fsp3) is 0.913. The van der Waals surface area contributed by atoms with Gasteiger partial charge >= 0.3 is 11.9 Å². The standard InChI is InChI=1S/C23H45NO4/c1-6-7-8-9-10-11-12-13-15-20(2)16-14-17-23(27)28-21(18-22(25)26)19-24(3,4)5/h20-21H,6-19H2,1-5H3/p+1. The van der Waals surface area contributed by atoms with E-state index in [1.165, 1.54) is 57.8 Å². The number of carbonyl (C=O) groups excluding carboxylic acids is 1. The van der Waals surface area contributed by atoms with Gasteiger partial charge in [0.05, 0.1) is 27.6 Å². The third-order valence-corrected chi connectivity index (χ3v) is 5.08. The van der Waals surface area contributed by atoms with Crippen LogP contribution in [0.5, 0.6) is 0 Å². The zero-order valence-electron chi connectivity index (χ0n) is 19.2. The third kappa shape index (κ3) is 18.3. The van der Waals surface area contributed by atoms with Crippen LogP contribution in [0.3, 0.4) is 0 Å². The lowest BCUT2D eigenvalue weighted by Gasteiger charge is -2.28. The van der Waals surface area contributed by atoms with Crippen molar-refractivity contribution in [3.8, 4) is 0 Å². The molecular formula is C23H46NO4+. The Balaban J connectivity index is 3.85. The summed E-state index contributed by atoms with van der Waals surface area (Å²) >= 11 is 0. The molecule has 2 unspecified atom stereocenters. The van der Waals surface area contributed by atoms with E-state index in [9.17, 15) is 9.59 Å². The Bertz CT molecular complexity index is 417. The molecule has 1 N–H and O–H groups in total. The minimum absolute atomic E-state index is 0.129. The molecule has 0 aromatic rings. The summed E-state index contributed by atoms with van der Waals surface area (Å²) in [5, 5.41) is 9.02. The smallest absolute Gasteiger partial charge is 0.307 e. The Labute approximate surface area is 173 Å². The zero-order valence-corrected chi connectivity index (χ0v) is 19.2. The van der Waals surface area contributed by atoms with Crippen molar-refractivity contribution in [2.75, 3.05) is 27.7 Å². The molecule has 0 aromatic carbocycles. The highest BCUT2D eigenvalue weighted by molar-refractivity contribution is 5.71. The Morgan fingerprint density at radius 3 is 1.96 bits per heavy atom. The molecule has 0 aliphatic rings. The highest BCUT2D eigenvalue weighted by atomic mass is 16.5. The fourth-order valence-corrected chi connectivity index (χ4v) is 3.56. The van der Waals surface area contributed by atoms with E-state index in [1.807, 2.05) is 21.1 Å². The summed E-state index contributed by atoms with van der Waals surface area (Å²) in [4.78, 5) is 23.1. The van der Waals surface area contributed by atoms with Gasteiger partial charge in [-0.15, -0.1) is 0 Å². The van der Waals surface area contributed by atoms with Crippen LogP contribution in [0, 0.1) is 5.92 Å². The van der Waals surface area contributed by atoms with E-state index < -0.39 is 12.1 Å². The summed E-state index contributed by atoms with van der Waals surface area (Å²) in [5.74, 6) is -0.557. The Morgan fingerprint density at radius 2 is 1.43 bits per heavy atom. The number of rotatable bonds is 18. The molecule has 0 heterocycles. The number of quaternary nitrogens is 1. The molecule has 5 nitrogen and oxygen atoms in total. The van der Waals surface area contributed by atoms with E-state index in [2.05, 4.69) is 13.8 Å². The number of carboxylic acids is 1. The Hall–Kier alpha value is -1.10. The van der Waals surface area contributed by atoms with Crippen LogP contribution in [0.1, 0.15) is 97.3 Å². The van der Waals surface area contributed by atoms with Crippen LogP contribution in [0.4, 0.5) is 0 Å². The molecule has 0 aliphatic heterocycles. The van der Waals surface area contributed by atoms with E-state index in [1.54, 1.807) is 0 Å². The van der Waals surface area contributed by atoms with Crippen molar-refractivity contribution in [3.05, 3.63) is 0 Å². The highest BCUT2D eigenvalue weighted by Gasteiger charge is 2.24. The Morgan fingerprint density at radius 1 is 0.893 bits per heavy atom. The summed E-state index contributed by atoms with van der Waals surface area (Å²) < 4.78 is 6.01. The van der Waals surface area contributed by atoms with Gasteiger partial charge in [0.15, 0.2) is 6.10 Å². The lowest BCUT2D eigenvalue weighted by atomic mass is 9.96. The summed E-state index contributed by atoms with van der Waals surface area (Å²) in [6, 6.07) is 0. The van der Waals surface area contributed by atoms with Gasteiger partial charge in [0.25, 0.3) is 0 Å². The number of nitrogens with zero attached hydrogens (tertiary/aromatic N) is 1. The van der Waals surface area contributed by atoms with Crippen molar-refractivity contribution in [2.45, 2.75) is 103 Å². The van der Waals surface area contributed by atoms with Gasteiger partial charge in [-0.2, -0.15) is 0 Å². The van der Waals surface area contributed by atoms with E-state index >= 15 is 0 Å². The van der Waals surface area contributed by atoms with Gasteiger partial charge in [-0.25, -0.2) is 0 Å². The van der Waals surface area contributed by atoms with Gasteiger partial charge in [0, 0.05) is 6.42 Å². The normalized spacial score (nSPS) is 13.9. The number of unbranched alkanes of at least 4 members (excludes halogenated alkanes) is 7. The zero-order chi connectivity index (χ0) is 21.4. The molecule has 0 fully saturated rings. The van der Waals surface area contributed by atoms with Crippen LogP contribution in [0.15, 0.2) is 0 Å². The van der Waals surface area contributed by atoms with Crippen molar-refractivity contribution in [3.63, 3.8) is 0 Å². The van der Waals surface area contributed by atoms with Gasteiger partial charge < -0.3 is 14.3 Å². The monoisotopic (exact) mass is 400 g/mol. The second-order valence-electron chi connectivity index (χ2n) is 9.44. The van der Waals surface area contributed by atoms with Crippen molar-refractivity contribution in [2.24, 2.45) is 5.92 Å². The SMILES string of the molecule is CCCCCCCCCCC(C)CCCC(=O)OC(CC(=O)O)C[N+](C)(C)C. The number of esters is 1. The molecule has 5 heteroatoms. The molecule has 28 heavy (non-hydrogen) atoms. The van der Waals surface area contributed by atoms with Gasteiger partial charge in [0.1, 0.15) is 6.54 Å². The average Bonchev–Trinajstić information content (AvgIpc) is 2.55. The van der Waals surface area contributed by atoms with Crippen LogP contribution in [0.25, 0.3) is 0 Å². The first-order valence-corrected chi connectivity index (χ1v) is 11.4. The lowest BCUT2D eigenvalue weighted by molar-refractivity contribution is -0.873. The molecule has 0 amide bonds. The van der Waals surface area contributed by atoms with Crippen molar-refractivity contribution >= 4 is 11.9 Å². The molecule has 166 valence electrons. The maximum atomic E-state index is 12.1. The van der Waals surface area contributed by atoms with Crippen molar-refractivity contribution < 1.29 is 23.9 Å². The fourth-order valence-electron chi connectivity index (χ4n) is 3.56. The quantitative estimate of drug-likeness (QED) is 0.190. The molecule has 0 rings (SSSR count). The molecule has 0 aliphatic carbocycles. The average molecular weight is 401 g/mol. The number of carbonyl (C=O) groups is 2. The van der Waals surface area contributed by atoms with Gasteiger partial charge in [-0.3, -0.25) is 9.59 Å². The van der Waals surface area contributed by atoms with Gasteiger partial charge in [-0.05, 0) is 12.3 Å². The first kappa shape index (κ1) is 26.9. The molecular weight excluding hydrogens is 354 g/mol. The number of hydrogen-bond acceptors (Lipinski definition) is 3. The predicted octanol–water partition coefficient (Wildman–Crippen LogP) is 5.42. The van der Waals surface area contributed by atoms with E-state index in [0.717, 1.165) is 12.8 Å². The molecule has 0 radical (unpaired) electrons. The summed E-state index contributed by atoms with van der Waals surface area (Å²) in [7, 11) is 5.90. The summed E-state index contributed by atoms with van der Waals surface area (Å²) in [6.45, 7) is 5.02. The van der Waals surface area contributed by atoms with Crippen LogP contribution >= 0.6 is 0 Å². The summed E-state index contributed by atoms with van der Waals surface area (Å²) in [5.41, 5.74) is 0. The minimum Gasteiger partial charge on any atom is -0.481 e. The van der Waals surface area contributed by atoms with Crippen molar-refractivity contribution in [1.29, 1.82) is 0 Å². The van der Waals surface area contributed by atoms with Crippen LogP contribution in [0.2, 0.25) is 0 Å². The molecule has 0 saturated heterocycles. The van der Waals surface area contributed by atoms with Crippen molar-refractivity contribution in [1.82, 2.24) is 0 Å². The summed E-state index contributed by atoms with van der Waals surface area (Å²) in [6.07, 6.45) is 13.5. The molecule has 0 bridgehead atoms. The number of hydrogen-bond donors (Lipinski definition) is 1. The minimum atomic E-state index is -0.926. The largest absolute Gasteiger partial charge is 0.481 e. The predicted molar refractivity (Wildman–Crippen MR) is 115 cm³/mol. The second-order valence-corrected chi connectivity index (χ2v) is 9.44. The van der Waals surface area contributed by atoms with Crippen LogP contribution in [-0.4, -0.2) is 55.3 Å². The Kier molecular flexibility index (Phi) is 15.2. The number of carboxylic acid groups (broad SMARTS) is 1. The van der Waals surface area contributed by atoms with Crippen LogP contribution in [-0.2, 0) is 14.3 Å². The highest BCUT2D eigenvalue weighted by Crippen LogP contribution is 2.18. The van der Waals surface area contributed by atoms with E-state index in [-0.39, 0.29) is 12.4 Å². The van der Waals surface area contributed by atoms with Gasteiger partial charge in [0.2, 0.25) is 0 Å². The van der Waals surface area contributed by atoms with Crippen LogP contribution < -0.4 is 0 Å². The first-order chi connectivity index (χ1) is 13.1. The van der Waals surface area contributed by atoms with Gasteiger partial charge in [-0.1, -0.05) is 78.1 Å². The first-order valence-electron chi connectivity index (χ1n) is 11.4. The number of likely N-dealkylation sites (N-methyl/N-ethyl adjacent to an activating group) is 1. The molecule has 0 spiro atoms. The van der Waals surface area contributed by atoms with E-state index in [0.29, 0.717) is 23.4 Å². The lowest BCUT2D eigenvalue weighted by Crippen LogP contribution is -2.43. The molecule has 0 aromatic heterocycles. The molecule has 2 atom stereocenters. The second kappa shape index (κ2) is 15.8. The third-order valence-electron chi connectivity index (χ3n) is 5.08. The maximum absolute atomic E-state index is 12.1. The maximum Gasteiger partial charge on any atom is 0.307 e.